The Bertz CT molecular complexity index is 172. The Balaban J connectivity index is 3.85. The Morgan fingerprint density at radius 3 is 2.14 bits per heavy atom. The summed E-state index contributed by atoms with van der Waals surface area (Å²) in [6.45, 7) is 3.50. The highest BCUT2D eigenvalue weighted by Crippen LogP contribution is 2.15. The molecule has 0 aromatic rings. The molecule has 0 saturated carbocycles. The summed E-state index contributed by atoms with van der Waals surface area (Å²) >= 11 is 0. The molecular formula is C9H19F2NO2. The fourth-order valence-corrected chi connectivity index (χ4v) is 0.758. The molecule has 3 N–H and O–H groups in total. The summed E-state index contributed by atoms with van der Waals surface area (Å²) in [5, 5.41) is 20.4. The Morgan fingerprint density at radius 2 is 1.79 bits per heavy atom. The zero-order chi connectivity index (χ0) is 11.4. The molecule has 0 aliphatic carbocycles. The van der Waals surface area contributed by atoms with Gasteiger partial charge in [0, 0.05) is 6.54 Å². The maximum absolute atomic E-state index is 12.5. The van der Waals surface area contributed by atoms with Crippen LogP contribution < -0.4 is 5.32 Å². The normalized spacial score (nSPS) is 17.1. The molecule has 0 spiro atoms. The summed E-state index contributed by atoms with van der Waals surface area (Å²) in [6.07, 6.45) is 0. The molecule has 0 aliphatic rings. The van der Waals surface area contributed by atoms with Crippen molar-refractivity contribution in [2.45, 2.75) is 32.3 Å². The zero-order valence-corrected chi connectivity index (χ0v) is 8.85. The highest BCUT2D eigenvalue weighted by molar-refractivity contribution is 4.80. The molecule has 0 fully saturated rings. The summed E-state index contributed by atoms with van der Waals surface area (Å²) in [5.41, 5.74) is -1.01. The SMILES string of the molecule is CC(C)C(C)(O)CNCC(F)(F)CO. The monoisotopic (exact) mass is 211 g/mol. The lowest BCUT2D eigenvalue weighted by Crippen LogP contribution is -2.46. The van der Waals surface area contributed by atoms with Crippen molar-refractivity contribution in [2.24, 2.45) is 5.92 Å². The van der Waals surface area contributed by atoms with E-state index in [9.17, 15) is 13.9 Å². The smallest absolute Gasteiger partial charge is 0.282 e. The van der Waals surface area contributed by atoms with E-state index in [1.165, 1.54) is 0 Å². The minimum Gasteiger partial charge on any atom is -0.390 e. The fraction of sp³-hybridized carbons (Fsp3) is 1.00. The van der Waals surface area contributed by atoms with Crippen LogP contribution in [0.25, 0.3) is 0 Å². The van der Waals surface area contributed by atoms with E-state index in [2.05, 4.69) is 5.32 Å². The number of alkyl halides is 2. The van der Waals surface area contributed by atoms with Gasteiger partial charge in [0.1, 0.15) is 6.61 Å². The quantitative estimate of drug-likeness (QED) is 0.603. The molecule has 0 aromatic heterocycles. The number of aliphatic hydroxyl groups excluding tert-OH is 1. The average molecular weight is 211 g/mol. The molecule has 0 bridgehead atoms. The number of nitrogens with one attached hydrogen (secondary N) is 1. The number of hydrogen-bond donors (Lipinski definition) is 3. The Hall–Kier alpha value is -0.260. The Labute approximate surface area is 83.1 Å². The lowest BCUT2D eigenvalue weighted by molar-refractivity contribution is -0.0544. The topological polar surface area (TPSA) is 52.5 Å². The van der Waals surface area contributed by atoms with E-state index in [4.69, 9.17) is 5.11 Å². The van der Waals surface area contributed by atoms with Crippen molar-refractivity contribution in [3.05, 3.63) is 0 Å². The van der Waals surface area contributed by atoms with Gasteiger partial charge in [0.25, 0.3) is 5.92 Å². The summed E-state index contributed by atoms with van der Waals surface area (Å²) < 4.78 is 25.1. The van der Waals surface area contributed by atoms with E-state index in [1.807, 2.05) is 13.8 Å². The van der Waals surface area contributed by atoms with Gasteiger partial charge in [-0.2, -0.15) is 0 Å². The predicted octanol–water partition coefficient (Wildman–Crippen LogP) is 0.611. The van der Waals surface area contributed by atoms with Crippen LogP contribution in [0.2, 0.25) is 0 Å². The van der Waals surface area contributed by atoms with Crippen LogP contribution in [0.4, 0.5) is 8.78 Å². The number of hydrogen-bond acceptors (Lipinski definition) is 3. The first kappa shape index (κ1) is 13.7. The first-order valence-corrected chi connectivity index (χ1v) is 4.63. The van der Waals surface area contributed by atoms with Crippen molar-refractivity contribution in [3.63, 3.8) is 0 Å². The summed E-state index contributed by atoms with van der Waals surface area (Å²) in [7, 11) is 0. The fourth-order valence-electron chi connectivity index (χ4n) is 0.758. The van der Waals surface area contributed by atoms with Crippen molar-refractivity contribution in [3.8, 4) is 0 Å². The first-order chi connectivity index (χ1) is 6.21. The van der Waals surface area contributed by atoms with Gasteiger partial charge in [-0.1, -0.05) is 13.8 Å². The van der Waals surface area contributed by atoms with E-state index < -0.39 is 24.7 Å². The van der Waals surface area contributed by atoms with Crippen LogP contribution in [0, 0.1) is 5.92 Å². The number of aliphatic hydroxyl groups is 2. The molecule has 0 aromatic carbocycles. The molecule has 0 saturated heterocycles. The third kappa shape index (κ3) is 4.83. The van der Waals surface area contributed by atoms with Crippen LogP contribution in [0.15, 0.2) is 0 Å². The molecule has 0 amide bonds. The second kappa shape index (κ2) is 5.00. The summed E-state index contributed by atoms with van der Waals surface area (Å²) in [6, 6.07) is 0. The molecule has 1 atom stereocenters. The third-order valence-corrected chi connectivity index (χ3v) is 2.34. The summed E-state index contributed by atoms with van der Waals surface area (Å²) in [5.74, 6) is -3.13. The molecular weight excluding hydrogens is 192 g/mol. The van der Waals surface area contributed by atoms with Crippen LogP contribution in [0.1, 0.15) is 20.8 Å². The molecule has 3 nitrogen and oxygen atoms in total. The standard InChI is InChI=1S/C9H19F2NO2/c1-7(2)8(3,14)4-12-5-9(10,11)6-13/h7,12-14H,4-6H2,1-3H3. The third-order valence-electron chi connectivity index (χ3n) is 2.34. The largest absolute Gasteiger partial charge is 0.390 e. The van der Waals surface area contributed by atoms with Gasteiger partial charge in [-0.05, 0) is 12.8 Å². The highest BCUT2D eigenvalue weighted by Gasteiger charge is 2.30. The van der Waals surface area contributed by atoms with E-state index in [0.29, 0.717) is 0 Å². The van der Waals surface area contributed by atoms with Crippen molar-refractivity contribution in [1.82, 2.24) is 5.32 Å². The lowest BCUT2D eigenvalue weighted by Gasteiger charge is -2.28. The number of halogens is 2. The van der Waals surface area contributed by atoms with Gasteiger partial charge in [0.2, 0.25) is 0 Å². The van der Waals surface area contributed by atoms with E-state index in [0.717, 1.165) is 0 Å². The minimum atomic E-state index is -3.12. The second-order valence-corrected chi connectivity index (χ2v) is 4.13. The van der Waals surface area contributed by atoms with Gasteiger partial charge in [-0.15, -0.1) is 0 Å². The van der Waals surface area contributed by atoms with Crippen molar-refractivity contribution >= 4 is 0 Å². The van der Waals surface area contributed by atoms with Crippen LogP contribution in [-0.2, 0) is 0 Å². The van der Waals surface area contributed by atoms with Crippen molar-refractivity contribution in [2.75, 3.05) is 19.7 Å². The maximum Gasteiger partial charge on any atom is 0.282 e. The summed E-state index contributed by atoms with van der Waals surface area (Å²) in [4.78, 5) is 0. The van der Waals surface area contributed by atoms with Crippen LogP contribution in [-0.4, -0.2) is 41.4 Å². The van der Waals surface area contributed by atoms with Crippen LogP contribution in [0.3, 0.4) is 0 Å². The highest BCUT2D eigenvalue weighted by atomic mass is 19.3. The first-order valence-electron chi connectivity index (χ1n) is 4.63. The Kier molecular flexibility index (Phi) is 4.91. The zero-order valence-electron chi connectivity index (χ0n) is 8.85. The van der Waals surface area contributed by atoms with E-state index >= 15 is 0 Å². The number of rotatable bonds is 6. The molecule has 0 rings (SSSR count). The molecule has 86 valence electrons. The molecule has 5 heteroatoms. The average Bonchev–Trinajstić information content (AvgIpc) is 2.03. The van der Waals surface area contributed by atoms with Gasteiger partial charge in [-0.3, -0.25) is 0 Å². The van der Waals surface area contributed by atoms with Gasteiger partial charge in [0.05, 0.1) is 12.1 Å². The van der Waals surface area contributed by atoms with Gasteiger partial charge in [0.15, 0.2) is 0 Å². The molecule has 1 unspecified atom stereocenters. The van der Waals surface area contributed by atoms with Crippen molar-refractivity contribution < 1.29 is 19.0 Å². The minimum absolute atomic E-state index is 0.0160. The van der Waals surface area contributed by atoms with Crippen LogP contribution >= 0.6 is 0 Å². The molecule has 0 radical (unpaired) electrons. The van der Waals surface area contributed by atoms with E-state index in [-0.39, 0.29) is 12.5 Å². The maximum atomic E-state index is 12.5. The van der Waals surface area contributed by atoms with Gasteiger partial charge < -0.3 is 15.5 Å². The van der Waals surface area contributed by atoms with Crippen LogP contribution in [0.5, 0.6) is 0 Å². The molecule has 0 heterocycles. The Morgan fingerprint density at radius 1 is 1.29 bits per heavy atom. The van der Waals surface area contributed by atoms with Gasteiger partial charge >= 0.3 is 0 Å². The van der Waals surface area contributed by atoms with Gasteiger partial charge in [-0.25, -0.2) is 8.78 Å². The van der Waals surface area contributed by atoms with Crippen molar-refractivity contribution in [1.29, 1.82) is 0 Å². The molecule has 0 aliphatic heterocycles. The lowest BCUT2D eigenvalue weighted by atomic mass is 9.92. The van der Waals surface area contributed by atoms with E-state index in [1.54, 1.807) is 6.92 Å². The molecule has 14 heavy (non-hydrogen) atoms. The predicted molar refractivity (Wildman–Crippen MR) is 50.4 cm³/mol. The second-order valence-electron chi connectivity index (χ2n) is 4.13.